The van der Waals surface area contributed by atoms with Gasteiger partial charge in [-0.2, -0.15) is 0 Å². The second kappa shape index (κ2) is 9.09. The van der Waals surface area contributed by atoms with E-state index in [4.69, 9.17) is 5.11 Å². The minimum absolute atomic E-state index is 0.118. The van der Waals surface area contributed by atoms with Gasteiger partial charge in [-0.1, -0.05) is 37.3 Å². The molecule has 2 heterocycles. The van der Waals surface area contributed by atoms with Crippen LogP contribution in [0.1, 0.15) is 30.2 Å². The Morgan fingerprint density at radius 2 is 1.96 bits per heavy atom. The number of hydrogen-bond donors (Lipinski definition) is 2. The molecule has 1 aliphatic heterocycles. The van der Waals surface area contributed by atoms with Gasteiger partial charge in [-0.15, -0.1) is 0 Å². The molecule has 2 aromatic rings. The minimum Gasteiger partial charge on any atom is -0.392 e. The van der Waals surface area contributed by atoms with Crippen LogP contribution in [0.3, 0.4) is 0 Å². The lowest BCUT2D eigenvalue weighted by Crippen LogP contribution is -2.48. The molecule has 1 aromatic carbocycles. The summed E-state index contributed by atoms with van der Waals surface area (Å²) < 4.78 is 0. The topological polar surface area (TPSA) is 48.4 Å². The fourth-order valence-corrected chi connectivity index (χ4v) is 3.61. The zero-order chi connectivity index (χ0) is 17.5. The van der Waals surface area contributed by atoms with Crippen molar-refractivity contribution in [2.75, 3.05) is 19.6 Å². The Kier molecular flexibility index (Phi) is 6.56. The van der Waals surface area contributed by atoms with Crippen molar-refractivity contribution < 1.29 is 5.11 Å². The Balaban J connectivity index is 1.40. The number of hydrogen-bond acceptors (Lipinski definition) is 4. The molecule has 25 heavy (non-hydrogen) atoms. The molecule has 2 atom stereocenters. The summed E-state index contributed by atoms with van der Waals surface area (Å²) in [5, 5.41) is 12.8. The van der Waals surface area contributed by atoms with Crippen molar-refractivity contribution in [3.63, 3.8) is 0 Å². The summed E-state index contributed by atoms with van der Waals surface area (Å²) in [5.74, 6) is 0.647. The van der Waals surface area contributed by atoms with Gasteiger partial charge in [0.2, 0.25) is 0 Å². The predicted molar refractivity (Wildman–Crippen MR) is 101 cm³/mol. The molecule has 1 saturated heterocycles. The number of aliphatic hydroxyl groups excluding tert-OH is 1. The van der Waals surface area contributed by atoms with Gasteiger partial charge >= 0.3 is 0 Å². The van der Waals surface area contributed by atoms with Gasteiger partial charge in [0.1, 0.15) is 0 Å². The van der Waals surface area contributed by atoms with Gasteiger partial charge in [0, 0.05) is 31.9 Å². The highest BCUT2D eigenvalue weighted by Crippen LogP contribution is 2.18. The zero-order valence-corrected chi connectivity index (χ0v) is 15.1. The Hall–Kier alpha value is -1.75. The monoisotopic (exact) mass is 339 g/mol. The van der Waals surface area contributed by atoms with Crippen LogP contribution in [0.15, 0.2) is 48.7 Å². The number of benzene rings is 1. The quantitative estimate of drug-likeness (QED) is 0.814. The Bertz CT molecular complexity index is 629. The number of aliphatic hydroxyl groups is 1. The van der Waals surface area contributed by atoms with Crippen LogP contribution >= 0.6 is 0 Å². The number of nitrogens with one attached hydrogen (secondary N) is 1. The lowest BCUT2D eigenvalue weighted by molar-refractivity contribution is 0.140. The van der Waals surface area contributed by atoms with E-state index in [0.29, 0.717) is 12.0 Å². The smallest absolute Gasteiger partial charge is 0.0681 e. The number of pyridine rings is 1. The van der Waals surface area contributed by atoms with Crippen LogP contribution in [0, 0.1) is 5.92 Å². The first-order valence-electron chi connectivity index (χ1n) is 9.29. The van der Waals surface area contributed by atoms with Crippen LogP contribution in [0.5, 0.6) is 0 Å². The highest BCUT2D eigenvalue weighted by molar-refractivity contribution is 5.22. The molecule has 2 unspecified atom stereocenters. The predicted octanol–water partition coefficient (Wildman–Crippen LogP) is 2.62. The molecule has 0 saturated carbocycles. The highest BCUT2D eigenvalue weighted by atomic mass is 16.3. The van der Waals surface area contributed by atoms with Crippen molar-refractivity contribution in [3.8, 4) is 0 Å². The molecule has 0 radical (unpaired) electrons. The first kappa shape index (κ1) is 18.1. The van der Waals surface area contributed by atoms with Gasteiger partial charge in [0.05, 0.1) is 12.3 Å². The third kappa shape index (κ3) is 5.36. The van der Waals surface area contributed by atoms with E-state index in [2.05, 4.69) is 46.4 Å². The van der Waals surface area contributed by atoms with Gasteiger partial charge in [0.15, 0.2) is 0 Å². The fourth-order valence-electron chi connectivity index (χ4n) is 3.61. The molecule has 4 heteroatoms. The molecule has 0 bridgehead atoms. The van der Waals surface area contributed by atoms with Gasteiger partial charge < -0.3 is 10.4 Å². The molecule has 2 N–H and O–H groups in total. The van der Waals surface area contributed by atoms with Crippen LogP contribution in [0.25, 0.3) is 0 Å². The molecule has 4 nitrogen and oxygen atoms in total. The molecule has 0 amide bonds. The average molecular weight is 339 g/mol. The highest BCUT2D eigenvalue weighted by Gasteiger charge is 2.25. The molecule has 3 rings (SSSR count). The van der Waals surface area contributed by atoms with Crippen LogP contribution in [0.2, 0.25) is 0 Å². The van der Waals surface area contributed by atoms with Crippen molar-refractivity contribution >= 4 is 0 Å². The number of aromatic nitrogens is 1. The summed E-state index contributed by atoms with van der Waals surface area (Å²) in [4.78, 5) is 6.95. The van der Waals surface area contributed by atoms with E-state index >= 15 is 0 Å². The number of likely N-dealkylation sites (tertiary alicyclic amines) is 1. The standard InChI is InChI=1S/C21H29N3O/c1-17-14-24(15-20-4-2-3-11-22-20)13-10-21(17)23-12-9-18-5-7-19(16-25)8-6-18/h2-8,11,17,21,23,25H,9-10,12-16H2,1H3. The molecular formula is C21H29N3O. The molecule has 1 aromatic heterocycles. The Morgan fingerprint density at radius 3 is 2.64 bits per heavy atom. The maximum atomic E-state index is 9.10. The first-order chi connectivity index (χ1) is 12.2. The summed E-state index contributed by atoms with van der Waals surface area (Å²) in [6, 6.07) is 15.0. The lowest BCUT2D eigenvalue weighted by atomic mass is 9.93. The molecule has 0 spiro atoms. The van der Waals surface area contributed by atoms with Gasteiger partial charge in [-0.05, 0) is 48.6 Å². The SMILES string of the molecule is CC1CN(Cc2ccccn2)CCC1NCCc1ccc(CO)cc1. The van der Waals surface area contributed by atoms with Crippen LogP contribution < -0.4 is 5.32 Å². The summed E-state index contributed by atoms with van der Waals surface area (Å²) in [5.41, 5.74) is 3.46. The number of rotatable bonds is 7. The maximum absolute atomic E-state index is 9.10. The fraction of sp³-hybridized carbons (Fsp3) is 0.476. The Morgan fingerprint density at radius 1 is 1.16 bits per heavy atom. The van der Waals surface area contributed by atoms with Crippen molar-refractivity contribution in [3.05, 3.63) is 65.5 Å². The second-order valence-electron chi connectivity index (χ2n) is 7.11. The normalized spacial score (nSPS) is 21.4. The van der Waals surface area contributed by atoms with Crippen molar-refractivity contribution in [2.24, 2.45) is 5.92 Å². The lowest BCUT2D eigenvalue weighted by Gasteiger charge is -2.37. The second-order valence-corrected chi connectivity index (χ2v) is 7.11. The van der Waals surface area contributed by atoms with Crippen molar-refractivity contribution in [1.82, 2.24) is 15.2 Å². The molecule has 0 aliphatic carbocycles. The first-order valence-corrected chi connectivity index (χ1v) is 9.29. The van der Waals surface area contributed by atoms with Gasteiger partial charge in [0.25, 0.3) is 0 Å². The number of piperidine rings is 1. The van der Waals surface area contributed by atoms with E-state index < -0.39 is 0 Å². The van der Waals surface area contributed by atoms with Crippen LogP contribution in [-0.4, -0.2) is 40.7 Å². The summed E-state index contributed by atoms with van der Waals surface area (Å²) in [7, 11) is 0. The molecular weight excluding hydrogens is 310 g/mol. The molecule has 1 aliphatic rings. The van der Waals surface area contributed by atoms with Gasteiger partial charge in [-0.3, -0.25) is 9.88 Å². The minimum atomic E-state index is 0.118. The third-order valence-corrected chi connectivity index (χ3v) is 5.13. The summed E-state index contributed by atoms with van der Waals surface area (Å²) in [6.45, 7) is 6.68. The summed E-state index contributed by atoms with van der Waals surface area (Å²) in [6.07, 6.45) is 4.10. The van der Waals surface area contributed by atoms with Crippen molar-refractivity contribution in [2.45, 2.75) is 39.0 Å². The largest absolute Gasteiger partial charge is 0.392 e. The van der Waals surface area contributed by atoms with Crippen molar-refractivity contribution in [1.29, 1.82) is 0 Å². The van der Waals surface area contributed by atoms with E-state index in [0.717, 1.165) is 43.9 Å². The van der Waals surface area contributed by atoms with E-state index in [1.54, 1.807) is 0 Å². The van der Waals surface area contributed by atoms with E-state index in [-0.39, 0.29) is 6.61 Å². The summed E-state index contributed by atoms with van der Waals surface area (Å²) >= 11 is 0. The van der Waals surface area contributed by atoms with Crippen LogP contribution in [0.4, 0.5) is 0 Å². The Labute approximate surface area is 150 Å². The average Bonchev–Trinajstić information content (AvgIpc) is 2.65. The number of nitrogens with zero attached hydrogens (tertiary/aromatic N) is 2. The third-order valence-electron chi connectivity index (χ3n) is 5.13. The molecule has 1 fully saturated rings. The maximum Gasteiger partial charge on any atom is 0.0681 e. The molecule has 134 valence electrons. The zero-order valence-electron chi connectivity index (χ0n) is 15.1. The van der Waals surface area contributed by atoms with E-state index in [1.165, 1.54) is 12.0 Å². The van der Waals surface area contributed by atoms with E-state index in [9.17, 15) is 0 Å². The van der Waals surface area contributed by atoms with Gasteiger partial charge in [-0.25, -0.2) is 0 Å². The van der Waals surface area contributed by atoms with Crippen LogP contribution in [-0.2, 0) is 19.6 Å². The van der Waals surface area contributed by atoms with E-state index in [1.807, 2.05) is 24.4 Å².